The van der Waals surface area contributed by atoms with Crippen LogP contribution in [0.5, 0.6) is 0 Å². The highest BCUT2D eigenvalue weighted by Crippen LogP contribution is 2.38. The Balaban J connectivity index is 2.90. The number of rotatable bonds is 1. The fraction of sp³-hybridized carbons (Fsp3) is 0.545. The van der Waals surface area contributed by atoms with Crippen molar-refractivity contribution >= 4 is 5.78 Å². The van der Waals surface area contributed by atoms with Crippen molar-refractivity contribution in [2.45, 2.75) is 33.6 Å². The van der Waals surface area contributed by atoms with E-state index in [1.165, 1.54) is 0 Å². The summed E-state index contributed by atoms with van der Waals surface area (Å²) in [6.45, 7) is 9.93. The molecule has 1 heteroatoms. The lowest BCUT2D eigenvalue weighted by molar-refractivity contribution is -0.117. The molecule has 0 bridgehead atoms. The van der Waals surface area contributed by atoms with Gasteiger partial charge < -0.3 is 0 Å². The average Bonchev–Trinajstić information content (AvgIpc) is 1.97. The monoisotopic (exact) mass is 164 g/mol. The van der Waals surface area contributed by atoms with E-state index in [9.17, 15) is 4.79 Å². The largest absolute Gasteiger partial charge is 0.295 e. The van der Waals surface area contributed by atoms with E-state index in [4.69, 9.17) is 0 Å². The summed E-state index contributed by atoms with van der Waals surface area (Å²) in [5.74, 6) is 0.270. The molecule has 0 N–H and O–H groups in total. The number of hydrogen-bond acceptors (Lipinski definition) is 1. The second-order valence-corrected chi connectivity index (χ2v) is 4.03. The summed E-state index contributed by atoms with van der Waals surface area (Å²) in [6, 6.07) is 0. The van der Waals surface area contributed by atoms with E-state index in [0.29, 0.717) is 6.42 Å². The third-order valence-electron chi connectivity index (χ3n) is 2.88. The summed E-state index contributed by atoms with van der Waals surface area (Å²) in [6.07, 6.45) is 3.62. The minimum absolute atomic E-state index is 0.0105. The van der Waals surface area contributed by atoms with Crippen LogP contribution in [0.2, 0.25) is 0 Å². The first kappa shape index (κ1) is 9.24. The first-order valence-corrected chi connectivity index (χ1v) is 4.32. The van der Waals surface area contributed by atoms with Gasteiger partial charge in [-0.15, -0.1) is 0 Å². The van der Waals surface area contributed by atoms with Crippen molar-refractivity contribution in [3.05, 3.63) is 23.8 Å². The van der Waals surface area contributed by atoms with Crippen molar-refractivity contribution in [2.24, 2.45) is 5.41 Å². The van der Waals surface area contributed by atoms with Crippen LogP contribution in [0, 0.1) is 5.41 Å². The molecule has 1 aliphatic carbocycles. The summed E-state index contributed by atoms with van der Waals surface area (Å²) in [4.78, 5) is 11.4. The topological polar surface area (TPSA) is 17.1 Å². The standard InChI is InChI=1S/C11H16O/c1-8(2)11(4)6-5-9(3)10(12)7-11/h5H,1,6-7H2,2-4H3/t11-/m1/s1. The van der Waals surface area contributed by atoms with Crippen LogP contribution in [0.15, 0.2) is 23.8 Å². The Morgan fingerprint density at radius 1 is 1.67 bits per heavy atom. The molecule has 1 atom stereocenters. The predicted molar refractivity (Wildman–Crippen MR) is 50.9 cm³/mol. The van der Waals surface area contributed by atoms with Gasteiger partial charge in [0.15, 0.2) is 5.78 Å². The number of hydrogen-bond donors (Lipinski definition) is 0. The zero-order valence-electron chi connectivity index (χ0n) is 8.11. The van der Waals surface area contributed by atoms with Crippen LogP contribution in [0.25, 0.3) is 0 Å². The molecular weight excluding hydrogens is 148 g/mol. The highest BCUT2D eigenvalue weighted by Gasteiger charge is 2.30. The number of carbonyl (C=O) groups excluding carboxylic acids is 1. The van der Waals surface area contributed by atoms with Gasteiger partial charge in [-0.2, -0.15) is 0 Å². The zero-order valence-corrected chi connectivity index (χ0v) is 8.11. The summed E-state index contributed by atoms with van der Waals surface area (Å²) in [7, 11) is 0. The molecule has 1 rings (SSSR count). The average molecular weight is 164 g/mol. The molecule has 0 saturated heterocycles. The summed E-state index contributed by atoms with van der Waals surface area (Å²) >= 11 is 0. The van der Waals surface area contributed by atoms with Gasteiger partial charge in [0.05, 0.1) is 0 Å². The zero-order chi connectivity index (χ0) is 9.35. The lowest BCUT2D eigenvalue weighted by Crippen LogP contribution is -2.25. The summed E-state index contributed by atoms with van der Waals surface area (Å²) in [5.41, 5.74) is 2.03. The third-order valence-corrected chi connectivity index (χ3v) is 2.88. The predicted octanol–water partition coefficient (Wildman–Crippen LogP) is 2.88. The van der Waals surface area contributed by atoms with Gasteiger partial charge in [0.1, 0.15) is 0 Å². The SMILES string of the molecule is C=C(C)[C@]1(C)CC=C(C)C(=O)C1. The smallest absolute Gasteiger partial charge is 0.159 e. The Hall–Kier alpha value is -0.850. The van der Waals surface area contributed by atoms with Crippen molar-refractivity contribution in [3.63, 3.8) is 0 Å². The van der Waals surface area contributed by atoms with Gasteiger partial charge in [-0.05, 0) is 31.3 Å². The molecule has 0 aromatic heterocycles. The van der Waals surface area contributed by atoms with E-state index in [2.05, 4.69) is 13.5 Å². The molecule has 0 heterocycles. The summed E-state index contributed by atoms with van der Waals surface area (Å²) in [5, 5.41) is 0. The second-order valence-electron chi connectivity index (χ2n) is 4.03. The Bertz CT molecular complexity index is 260. The fourth-order valence-electron chi connectivity index (χ4n) is 1.38. The maximum absolute atomic E-state index is 11.4. The Morgan fingerprint density at radius 2 is 2.25 bits per heavy atom. The molecule has 12 heavy (non-hydrogen) atoms. The van der Waals surface area contributed by atoms with E-state index in [1.807, 2.05) is 19.9 Å². The number of allylic oxidation sites excluding steroid dienone is 3. The molecule has 0 aliphatic heterocycles. The lowest BCUT2D eigenvalue weighted by Gasteiger charge is -2.31. The van der Waals surface area contributed by atoms with Crippen LogP contribution in [0.1, 0.15) is 33.6 Å². The van der Waals surface area contributed by atoms with Crippen LogP contribution in [0.3, 0.4) is 0 Å². The molecule has 0 saturated carbocycles. The Kier molecular flexibility index (Phi) is 2.22. The van der Waals surface area contributed by atoms with Crippen molar-refractivity contribution in [2.75, 3.05) is 0 Å². The molecule has 0 radical (unpaired) electrons. The summed E-state index contributed by atoms with van der Waals surface area (Å²) < 4.78 is 0. The molecule has 1 aliphatic rings. The minimum atomic E-state index is 0.0105. The van der Waals surface area contributed by atoms with Crippen LogP contribution >= 0.6 is 0 Å². The lowest BCUT2D eigenvalue weighted by atomic mass is 9.72. The number of Topliss-reactive ketones (excluding diaryl/α,β-unsaturated/α-hetero) is 1. The van der Waals surface area contributed by atoms with E-state index >= 15 is 0 Å². The van der Waals surface area contributed by atoms with Crippen molar-refractivity contribution < 1.29 is 4.79 Å². The third kappa shape index (κ3) is 1.50. The van der Waals surface area contributed by atoms with Gasteiger partial charge >= 0.3 is 0 Å². The van der Waals surface area contributed by atoms with Crippen molar-refractivity contribution in [1.29, 1.82) is 0 Å². The molecule has 0 unspecified atom stereocenters. The van der Waals surface area contributed by atoms with Crippen LogP contribution < -0.4 is 0 Å². The van der Waals surface area contributed by atoms with E-state index in [-0.39, 0.29) is 11.2 Å². The minimum Gasteiger partial charge on any atom is -0.295 e. The fourth-order valence-corrected chi connectivity index (χ4v) is 1.38. The van der Waals surface area contributed by atoms with Gasteiger partial charge in [-0.3, -0.25) is 4.79 Å². The van der Waals surface area contributed by atoms with Crippen molar-refractivity contribution in [3.8, 4) is 0 Å². The molecule has 0 fully saturated rings. The molecule has 0 aromatic rings. The quantitative estimate of drug-likeness (QED) is 0.545. The molecule has 0 aromatic carbocycles. The van der Waals surface area contributed by atoms with Crippen LogP contribution in [-0.2, 0) is 4.79 Å². The first-order chi connectivity index (χ1) is 5.46. The van der Waals surface area contributed by atoms with Gasteiger partial charge in [0.2, 0.25) is 0 Å². The van der Waals surface area contributed by atoms with Crippen LogP contribution in [-0.4, -0.2) is 5.78 Å². The van der Waals surface area contributed by atoms with Gasteiger partial charge in [0, 0.05) is 6.42 Å². The van der Waals surface area contributed by atoms with Gasteiger partial charge in [-0.1, -0.05) is 25.2 Å². The van der Waals surface area contributed by atoms with E-state index in [0.717, 1.165) is 17.6 Å². The number of carbonyl (C=O) groups is 1. The molecule has 0 amide bonds. The molecular formula is C11H16O. The maximum atomic E-state index is 11.4. The highest BCUT2D eigenvalue weighted by atomic mass is 16.1. The Labute approximate surface area is 74.2 Å². The molecule has 66 valence electrons. The van der Waals surface area contributed by atoms with Crippen LogP contribution in [0.4, 0.5) is 0 Å². The maximum Gasteiger partial charge on any atom is 0.159 e. The van der Waals surface area contributed by atoms with Gasteiger partial charge in [0.25, 0.3) is 0 Å². The van der Waals surface area contributed by atoms with Crippen molar-refractivity contribution in [1.82, 2.24) is 0 Å². The van der Waals surface area contributed by atoms with Gasteiger partial charge in [-0.25, -0.2) is 0 Å². The second kappa shape index (κ2) is 2.89. The normalized spacial score (nSPS) is 29.9. The van der Waals surface area contributed by atoms with E-state index in [1.54, 1.807) is 0 Å². The first-order valence-electron chi connectivity index (χ1n) is 4.32. The Morgan fingerprint density at radius 3 is 2.67 bits per heavy atom. The number of ketones is 1. The highest BCUT2D eigenvalue weighted by molar-refractivity contribution is 5.96. The molecule has 1 nitrogen and oxygen atoms in total. The van der Waals surface area contributed by atoms with E-state index < -0.39 is 0 Å². The molecule has 0 spiro atoms.